The van der Waals surface area contributed by atoms with Crippen LogP contribution in [0, 0.1) is 0 Å². The lowest BCUT2D eigenvalue weighted by Gasteiger charge is -2.31. The molecule has 0 aliphatic carbocycles. The molecule has 1 atom stereocenters. The highest BCUT2D eigenvalue weighted by atomic mass is 35.5. The van der Waals surface area contributed by atoms with Crippen LogP contribution in [0.3, 0.4) is 0 Å². The van der Waals surface area contributed by atoms with Gasteiger partial charge in [0, 0.05) is 19.6 Å². The van der Waals surface area contributed by atoms with Crippen molar-refractivity contribution in [2.45, 2.75) is 19.1 Å². The van der Waals surface area contributed by atoms with Crippen molar-refractivity contribution in [3.63, 3.8) is 0 Å². The van der Waals surface area contributed by atoms with Crippen molar-refractivity contribution in [2.24, 2.45) is 0 Å². The van der Waals surface area contributed by atoms with Crippen molar-refractivity contribution in [2.75, 3.05) is 41.0 Å². The fraction of sp³-hybridized carbons (Fsp3) is 0.429. The monoisotopic (exact) mass is 409 g/mol. The van der Waals surface area contributed by atoms with E-state index in [1.54, 1.807) is 21.3 Å². The van der Waals surface area contributed by atoms with Crippen LogP contribution in [-0.2, 0) is 13.0 Å². The lowest BCUT2D eigenvalue weighted by atomic mass is 9.98. The van der Waals surface area contributed by atoms with Crippen molar-refractivity contribution in [1.82, 2.24) is 4.90 Å². The summed E-state index contributed by atoms with van der Waals surface area (Å²) in [6.45, 7) is 2.41. The molecule has 2 aromatic carbocycles. The molecule has 154 valence electrons. The van der Waals surface area contributed by atoms with E-state index in [0.29, 0.717) is 18.0 Å². The number of halogens is 1. The molecule has 0 fully saturated rings. The standard InChI is InChI=1S/C21H27NO5.ClH/c1-24-18-6-4-5-7-19(18)27-14-17(23)13-22-9-8-15-10-20(25-2)21(26-3)11-16(15)12-22;/h4-7,10-11,17,23H,8-9,12-14H2,1-3H3;1H. The van der Waals surface area contributed by atoms with Gasteiger partial charge in [0.25, 0.3) is 0 Å². The summed E-state index contributed by atoms with van der Waals surface area (Å²) in [5.74, 6) is 2.80. The van der Waals surface area contributed by atoms with Gasteiger partial charge in [0.1, 0.15) is 12.7 Å². The summed E-state index contributed by atoms with van der Waals surface area (Å²) in [4.78, 5) is 2.23. The number of β-amino-alcohol motifs (C(OH)–C–C–N with tert-alkyl or cyclic N) is 1. The van der Waals surface area contributed by atoms with Gasteiger partial charge >= 0.3 is 0 Å². The number of fused-ring (bicyclic) bond motifs is 1. The molecule has 6 nitrogen and oxygen atoms in total. The van der Waals surface area contributed by atoms with Gasteiger partial charge in [-0.3, -0.25) is 4.90 Å². The van der Waals surface area contributed by atoms with Crippen LogP contribution < -0.4 is 18.9 Å². The van der Waals surface area contributed by atoms with Crippen LogP contribution in [0.5, 0.6) is 23.0 Å². The number of benzene rings is 2. The first-order valence-electron chi connectivity index (χ1n) is 9.04. The normalized spacial score (nSPS) is 14.4. The molecule has 1 unspecified atom stereocenters. The van der Waals surface area contributed by atoms with Crippen LogP contribution >= 0.6 is 12.4 Å². The van der Waals surface area contributed by atoms with Gasteiger partial charge in [-0.1, -0.05) is 12.1 Å². The molecule has 0 saturated heterocycles. The zero-order valence-corrected chi connectivity index (χ0v) is 17.3. The first-order chi connectivity index (χ1) is 13.1. The Morgan fingerprint density at radius 3 is 2.18 bits per heavy atom. The summed E-state index contributed by atoms with van der Waals surface area (Å²) in [5.41, 5.74) is 2.47. The lowest BCUT2D eigenvalue weighted by molar-refractivity contribution is 0.0628. The van der Waals surface area contributed by atoms with Gasteiger partial charge in [0.2, 0.25) is 0 Å². The Hall–Kier alpha value is -2.15. The van der Waals surface area contributed by atoms with Crippen LogP contribution in [0.2, 0.25) is 0 Å². The van der Waals surface area contributed by atoms with Crippen LogP contribution in [0.4, 0.5) is 0 Å². The zero-order chi connectivity index (χ0) is 19.2. The molecule has 1 heterocycles. The van der Waals surface area contributed by atoms with Crippen LogP contribution in [0.15, 0.2) is 36.4 Å². The van der Waals surface area contributed by atoms with Crippen molar-refractivity contribution < 1.29 is 24.1 Å². The number of hydrogen-bond acceptors (Lipinski definition) is 6. The Morgan fingerprint density at radius 1 is 0.929 bits per heavy atom. The SMILES string of the molecule is COc1cc2c(cc1OC)CN(CC(O)COc1ccccc1OC)CC2.Cl. The van der Waals surface area contributed by atoms with Crippen molar-refractivity contribution >= 4 is 12.4 Å². The molecular formula is C21H28ClNO5. The molecule has 2 aromatic rings. The zero-order valence-electron chi connectivity index (χ0n) is 16.5. The fourth-order valence-corrected chi connectivity index (χ4v) is 3.37. The molecule has 28 heavy (non-hydrogen) atoms. The second kappa shape index (κ2) is 10.4. The number of para-hydroxylation sites is 2. The Morgan fingerprint density at radius 2 is 1.54 bits per heavy atom. The van der Waals surface area contributed by atoms with E-state index in [4.69, 9.17) is 18.9 Å². The van der Waals surface area contributed by atoms with Gasteiger partial charge in [0.05, 0.1) is 21.3 Å². The number of ether oxygens (including phenoxy) is 4. The van der Waals surface area contributed by atoms with Crippen molar-refractivity contribution in [3.05, 3.63) is 47.5 Å². The predicted molar refractivity (Wildman–Crippen MR) is 110 cm³/mol. The maximum Gasteiger partial charge on any atom is 0.161 e. The Kier molecular flexibility index (Phi) is 8.23. The number of aliphatic hydroxyl groups is 1. The van der Waals surface area contributed by atoms with Gasteiger partial charge in [-0.15, -0.1) is 12.4 Å². The summed E-state index contributed by atoms with van der Waals surface area (Å²) in [7, 11) is 4.90. The van der Waals surface area contributed by atoms with E-state index in [1.165, 1.54) is 11.1 Å². The van der Waals surface area contributed by atoms with Gasteiger partial charge in [-0.25, -0.2) is 0 Å². The van der Waals surface area contributed by atoms with Gasteiger partial charge in [0.15, 0.2) is 23.0 Å². The summed E-state index contributed by atoms with van der Waals surface area (Å²) >= 11 is 0. The Balaban J connectivity index is 0.00000280. The topological polar surface area (TPSA) is 60.4 Å². The average Bonchev–Trinajstić information content (AvgIpc) is 2.71. The Bertz CT molecular complexity index is 770. The van der Waals surface area contributed by atoms with E-state index >= 15 is 0 Å². The van der Waals surface area contributed by atoms with E-state index in [2.05, 4.69) is 4.90 Å². The number of rotatable bonds is 8. The highest BCUT2D eigenvalue weighted by molar-refractivity contribution is 5.85. The van der Waals surface area contributed by atoms with Crippen molar-refractivity contribution in [3.8, 4) is 23.0 Å². The average molecular weight is 410 g/mol. The van der Waals surface area contributed by atoms with Crippen LogP contribution in [-0.4, -0.2) is 57.1 Å². The van der Waals surface area contributed by atoms with Gasteiger partial charge in [-0.05, 0) is 41.8 Å². The summed E-state index contributed by atoms with van der Waals surface area (Å²) < 4.78 is 21.8. The summed E-state index contributed by atoms with van der Waals surface area (Å²) in [5, 5.41) is 10.4. The summed E-state index contributed by atoms with van der Waals surface area (Å²) in [6, 6.07) is 11.5. The molecule has 7 heteroatoms. The molecule has 1 N–H and O–H groups in total. The smallest absolute Gasteiger partial charge is 0.161 e. The molecule has 0 radical (unpaired) electrons. The molecular weight excluding hydrogens is 382 g/mol. The van der Waals surface area contributed by atoms with Gasteiger partial charge < -0.3 is 24.1 Å². The molecule has 0 spiro atoms. The maximum absolute atomic E-state index is 10.4. The molecule has 0 bridgehead atoms. The minimum absolute atomic E-state index is 0. The second-order valence-electron chi connectivity index (χ2n) is 6.58. The van der Waals surface area contributed by atoms with Crippen LogP contribution in [0.1, 0.15) is 11.1 Å². The minimum Gasteiger partial charge on any atom is -0.493 e. The third kappa shape index (κ3) is 5.22. The largest absolute Gasteiger partial charge is 0.493 e. The fourth-order valence-electron chi connectivity index (χ4n) is 3.37. The van der Waals surface area contributed by atoms with E-state index < -0.39 is 6.10 Å². The van der Waals surface area contributed by atoms with E-state index in [-0.39, 0.29) is 19.0 Å². The predicted octanol–water partition coefficient (Wildman–Crippen LogP) is 2.93. The molecule has 1 aliphatic heterocycles. The number of aliphatic hydroxyl groups excluding tert-OH is 1. The second-order valence-corrected chi connectivity index (χ2v) is 6.58. The molecule has 0 aromatic heterocycles. The first-order valence-corrected chi connectivity index (χ1v) is 9.04. The van der Waals surface area contributed by atoms with E-state index in [0.717, 1.165) is 31.0 Å². The number of hydrogen-bond donors (Lipinski definition) is 1. The molecule has 0 saturated carbocycles. The minimum atomic E-state index is -0.586. The lowest BCUT2D eigenvalue weighted by Crippen LogP contribution is -2.38. The van der Waals surface area contributed by atoms with Gasteiger partial charge in [-0.2, -0.15) is 0 Å². The number of methoxy groups -OCH3 is 3. The van der Waals surface area contributed by atoms with Crippen molar-refractivity contribution in [1.29, 1.82) is 0 Å². The maximum atomic E-state index is 10.4. The first kappa shape index (κ1) is 22.1. The van der Waals surface area contributed by atoms with E-state index in [1.807, 2.05) is 36.4 Å². The summed E-state index contributed by atoms with van der Waals surface area (Å²) in [6.07, 6.45) is 0.326. The molecule has 3 rings (SSSR count). The van der Waals surface area contributed by atoms with E-state index in [9.17, 15) is 5.11 Å². The molecule has 0 amide bonds. The third-order valence-corrected chi connectivity index (χ3v) is 4.77. The Labute approximate surface area is 172 Å². The van der Waals surface area contributed by atoms with Crippen LogP contribution in [0.25, 0.3) is 0 Å². The highest BCUT2D eigenvalue weighted by Crippen LogP contribution is 2.33. The third-order valence-electron chi connectivity index (χ3n) is 4.77. The quantitative estimate of drug-likeness (QED) is 0.723. The number of nitrogens with zero attached hydrogens (tertiary/aromatic N) is 1. The molecule has 1 aliphatic rings. The highest BCUT2D eigenvalue weighted by Gasteiger charge is 2.21.